The van der Waals surface area contributed by atoms with Crippen molar-refractivity contribution in [2.24, 2.45) is 0 Å². The highest BCUT2D eigenvalue weighted by atomic mass is 32.2. The van der Waals surface area contributed by atoms with Gasteiger partial charge in [-0.3, -0.25) is 4.79 Å². The molecular weight excluding hydrogens is 278 g/mol. The quantitative estimate of drug-likeness (QED) is 0.626. The maximum absolute atomic E-state index is 12.0. The molecule has 1 atom stereocenters. The molecule has 1 aromatic heterocycles. The number of carbonyl (C=O) groups is 1. The lowest BCUT2D eigenvalue weighted by Gasteiger charge is -2.12. The summed E-state index contributed by atoms with van der Waals surface area (Å²) in [7, 11) is 0. The summed E-state index contributed by atoms with van der Waals surface area (Å²) in [6.07, 6.45) is 0.978. The Bertz CT molecular complexity index is 460. The first kappa shape index (κ1) is 16.1. The first-order valence-electron chi connectivity index (χ1n) is 6.24. The number of rotatable bonds is 6. The SMILES string of the molecule is CCSCCC(C)NC(=O)c1csc(C#CCO)c1. The molecule has 0 aromatic carbocycles. The lowest BCUT2D eigenvalue weighted by Crippen LogP contribution is -2.32. The number of amides is 1. The molecule has 0 aliphatic rings. The molecular formula is C14H19NO2S2. The van der Waals surface area contributed by atoms with Gasteiger partial charge < -0.3 is 10.4 Å². The predicted octanol–water partition coefficient (Wildman–Crippen LogP) is 2.35. The monoisotopic (exact) mass is 297 g/mol. The number of hydrogen-bond donors (Lipinski definition) is 2. The second-order valence-electron chi connectivity index (χ2n) is 4.02. The van der Waals surface area contributed by atoms with Crippen molar-refractivity contribution in [3.8, 4) is 11.8 Å². The minimum Gasteiger partial charge on any atom is -0.384 e. The summed E-state index contributed by atoms with van der Waals surface area (Å²) in [4.78, 5) is 12.8. The van der Waals surface area contributed by atoms with Crippen LogP contribution in [0.2, 0.25) is 0 Å². The fourth-order valence-corrected chi connectivity index (χ4v) is 3.00. The molecule has 0 bridgehead atoms. The molecule has 1 unspecified atom stereocenters. The number of aliphatic hydroxyl groups is 1. The zero-order valence-corrected chi connectivity index (χ0v) is 12.9. The third-order valence-corrected chi connectivity index (χ3v) is 4.21. The Morgan fingerprint density at radius 1 is 1.63 bits per heavy atom. The summed E-state index contributed by atoms with van der Waals surface area (Å²) in [5.41, 5.74) is 0.641. The van der Waals surface area contributed by atoms with Crippen LogP contribution < -0.4 is 5.32 Å². The van der Waals surface area contributed by atoms with Gasteiger partial charge >= 0.3 is 0 Å². The van der Waals surface area contributed by atoms with Gasteiger partial charge in [-0.2, -0.15) is 11.8 Å². The van der Waals surface area contributed by atoms with Crippen molar-refractivity contribution in [1.29, 1.82) is 0 Å². The largest absolute Gasteiger partial charge is 0.384 e. The van der Waals surface area contributed by atoms with E-state index in [-0.39, 0.29) is 18.6 Å². The van der Waals surface area contributed by atoms with Crippen LogP contribution in [0, 0.1) is 11.8 Å². The van der Waals surface area contributed by atoms with Crippen LogP contribution in [0.5, 0.6) is 0 Å². The van der Waals surface area contributed by atoms with E-state index in [4.69, 9.17) is 5.11 Å². The summed E-state index contributed by atoms with van der Waals surface area (Å²) < 4.78 is 0. The molecule has 5 heteroatoms. The fourth-order valence-electron chi connectivity index (χ4n) is 1.43. The molecule has 19 heavy (non-hydrogen) atoms. The van der Waals surface area contributed by atoms with E-state index in [9.17, 15) is 4.79 Å². The lowest BCUT2D eigenvalue weighted by atomic mass is 10.2. The minimum absolute atomic E-state index is 0.0534. The second-order valence-corrected chi connectivity index (χ2v) is 6.32. The summed E-state index contributed by atoms with van der Waals surface area (Å²) >= 11 is 3.30. The van der Waals surface area contributed by atoms with E-state index in [1.54, 1.807) is 11.4 Å². The molecule has 1 rings (SSSR count). The van der Waals surface area contributed by atoms with Crippen molar-refractivity contribution in [2.45, 2.75) is 26.3 Å². The Labute approximate surface area is 122 Å². The highest BCUT2D eigenvalue weighted by molar-refractivity contribution is 7.99. The van der Waals surface area contributed by atoms with Crippen LogP contribution in [0.15, 0.2) is 11.4 Å². The summed E-state index contributed by atoms with van der Waals surface area (Å²) in [5, 5.41) is 13.4. The number of carbonyl (C=O) groups excluding carboxylic acids is 1. The topological polar surface area (TPSA) is 49.3 Å². The van der Waals surface area contributed by atoms with Gasteiger partial charge in [-0.15, -0.1) is 11.3 Å². The molecule has 1 heterocycles. The summed E-state index contributed by atoms with van der Waals surface area (Å²) in [6.45, 7) is 3.99. The highest BCUT2D eigenvalue weighted by Gasteiger charge is 2.11. The van der Waals surface area contributed by atoms with Crippen molar-refractivity contribution in [3.05, 3.63) is 21.9 Å². The molecule has 0 fully saturated rings. The van der Waals surface area contributed by atoms with Gasteiger partial charge in [0.05, 0.1) is 10.4 Å². The van der Waals surface area contributed by atoms with Gasteiger partial charge in [-0.1, -0.05) is 18.8 Å². The minimum atomic E-state index is -0.161. The van der Waals surface area contributed by atoms with Crippen LogP contribution in [0.3, 0.4) is 0 Å². The maximum Gasteiger partial charge on any atom is 0.252 e. The number of hydrogen-bond acceptors (Lipinski definition) is 4. The molecule has 0 spiro atoms. The Kier molecular flexibility index (Phi) is 7.65. The first-order chi connectivity index (χ1) is 9.17. The third kappa shape index (κ3) is 6.15. The molecule has 1 aromatic rings. The molecule has 0 saturated heterocycles. The molecule has 0 aliphatic heterocycles. The Balaban J connectivity index is 2.46. The molecule has 2 N–H and O–H groups in total. The van der Waals surface area contributed by atoms with Gasteiger partial charge in [0, 0.05) is 11.4 Å². The van der Waals surface area contributed by atoms with Crippen molar-refractivity contribution in [2.75, 3.05) is 18.1 Å². The first-order valence-corrected chi connectivity index (χ1v) is 8.27. The van der Waals surface area contributed by atoms with Gasteiger partial charge in [0.15, 0.2) is 0 Å². The fraction of sp³-hybridized carbons (Fsp3) is 0.500. The van der Waals surface area contributed by atoms with Crippen molar-refractivity contribution >= 4 is 29.0 Å². The average molecular weight is 297 g/mol. The van der Waals surface area contributed by atoms with E-state index in [1.807, 2.05) is 18.7 Å². The Hall–Kier alpha value is -0.960. The zero-order valence-electron chi connectivity index (χ0n) is 11.2. The number of aliphatic hydroxyl groups excluding tert-OH is 1. The normalized spacial score (nSPS) is 11.5. The van der Waals surface area contributed by atoms with E-state index in [2.05, 4.69) is 24.1 Å². The van der Waals surface area contributed by atoms with Crippen LogP contribution >= 0.6 is 23.1 Å². The molecule has 1 amide bonds. The predicted molar refractivity (Wildman–Crippen MR) is 82.8 cm³/mol. The van der Waals surface area contributed by atoms with Gasteiger partial charge in [0.2, 0.25) is 0 Å². The van der Waals surface area contributed by atoms with E-state index in [0.29, 0.717) is 5.56 Å². The standard InChI is InChI=1S/C14H19NO2S2/c1-3-18-8-6-11(2)15-14(17)12-9-13(19-10-12)5-4-7-16/h9-11,16H,3,6-8H2,1-2H3,(H,15,17). The second kappa shape index (κ2) is 9.03. The molecule has 0 aliphatic carbocycles. The maximum atomic E-state index is 12.0. The number of thiophene rings is 1. The van der Waals surface area contributed by atoms with Gasteiger partial charge in [0.1, 0.15) is 6.61 Å². The highest BCUT2D eigenvalue weighted by Crippen LogP contribution is 2.14. The van der Waals surface area contributed by atoms with Crippen molar-refractivity contribution in [3.63, 3.8) is 0 Å². The van der Waals surface area contributed by atoms with Gasteiger partial charge in [0.25, 0.3) is 5.91 Å². The van der Waals surface area contributed by atoms with Gasteiger partial charge in [-0.05, 0) is 30.9 Å². The van der Waals surface area contributed by atoms with Crippen molar-refractivity contribution < 1.29 is 9.90 Å². The smallest absolute Gasteiger partial charge is 0.252 e. The van der Waals surface area contributed by atoms with Crippen molar-refractivity contribution in [1.82, 2.24) is 5.32 Å². The molecule has 104 valence electrons. The van der Waals surface area contributed by atoms with Crippen LogP contribution in [-0.4, -0.2) is 35.2 Å². The molecule has 0 radical (unpaired) electrons. The van der Waals surface area contributed by atoms with Crippen LogP contribution in [0.4, 0.5) is 0 Å². The van der Waals surface area contributed by atoms with Crippen LogP contribution in [0.25, 0.3) is 0 Å². The molecule has 3 nitrogen and oxygen atoms in total. The lowest BCUT2D eigenvalue weighted by molar-refractivity contribution is 0.0940. The average Bonchev–Trinajstić information content (AvgIpc) is 2.85. The van der Waals surface area contributed by atoms with Crippen LogP contribution in [0.1, 0.15) is 35.5 Å². The van der Waals surface area contributed by atoms with E-state index in [0.717, 1.165) is 22.8 Å². The van der Waals surface area contributed by atoms with E-state index < -0.39 is 0 Å². The van der Waals surface area contributed by atoms with Crippen LogP contribution in [-0.2, 0) is 0 Å². The van der Waals surface area contributed by atoms with E-state index in [1.165, 1.54) is 11.3 Å². The Morgan fingerprint density at radius 3 is 3.11 bits per heavy atom. The number of thioether (sulfide) groups is 1. The van der Waals surface area contributed by atoms with Gasteiger partial charge in [-0.25, -0.2) is 0 Å². The Morgan fingerprint density at radius 2 is 2.42 bits per heavy atom. The summed E-state index contributed by atoms with van der Waals surface area (Å²) in [6, 6.07) is 1.94. The zero-order chi connectivity index (χ0) is 14.1. The number of nitrogens with one attached hydrogen (secondary N) is 1. The van der Waals surface area contributed by atoms with E-state index >= 15 is 0 Å². The molecule has 0 saturated carbocycles. The third-order valence-electron chi connectivity index (χ3n) is 2.43. The summed E-state index contributed by atoms with van der Waals surface area (Å²) in [5.74, 6) is 7.49.